The lowest BCUT2D eigenvalue weighted by molar-refractivity contribution is -0.275. The van der Waals surface area contributed by atoms with Crippen LogP contribution in [0.2, 0.25) is 0 Å². The molecule has 0 radical (unpaired) electrons. The molecule has 1 aromatic heterocycles. The second kappa shape index (κ2) is 7.30. The molecular weight excluding hydrogens is 413 g/mol. The van der Waals surface area contributed by atoms with Crippen molar-refractivity contribution in [3.8, 4) is 5.75 Å². The molecule has 0 aromatic carbocycles. The highest BCUT2D eigenvalue weighted by Crippen LogP contribution is 2.31. The molecule has 0 saturated heterocycles. The Bertz CT molecular complexity index is 497. The minimum absolute atomic E-state index is 0.0307. The van der Waals surface area contributed by atoms with Crippen LogP contribution in [0.15, 0.2) is 6.20 Å². The molecule has 0 bridgehead atoms. The smallest absolute Gasteiger partial charge is 0.466 e. The molecule has 112 valence electrons. The number of alkyl halides is 4. The molecule has 0 atom stereocenters. The number of hydrogen-bond acceptors (Lipinski definition) is 4. The molecule has 1 heterocycles. The number of hydrogen-bond donors (Lipinski definition) is 0. The van der Waals surface area contributed by atoms with Gasteiger partial charge < -0.3 is 9.47 Å². The lowest BCUT2D eigenvalue weighted by Gasteiger charge is -2.14. The number of rotatable bonds is 5. The minimum Gasteiger partial charge on any atom is -0.466 e. The second-order valence-corrected chi connectivity index (χ2v) is 4.87. The summed E-state index contributed by atoms with van der Waals surface area (Å²) in [5, 5.41) is 0. The Balaban J connectivity index is 3.12. The minimum atomic E-state index is -4.83. The maximum Gasteiger partial charge on any atom is 0.573 e. The average Bonchev–Trinajstić information content (AvgIpc) is 2.33. The lowest BCUT2D eigenvalue weighted by atomic mass is 10.1. The van der Waals surface area contributed by atoms with E-state index in [4.69, 9.17) is 16.3 Å². The highest BCUT2D eigenvalue weighted by molar-refractivity contribution is 14.1. The van der Waals surface area contributed by atoms with Crippen molar-refractivity contribution >= 4 is 40.2 Å². The Kier molecular flexibility index (Phi) is 6.31. The number of nitrogens with zero attached hydrogens (tertiary/aromatic N) is 1. The summed E-state index contributed by atoms with van der Waals surface area (Å²) < 4.78 is 45.5. The van der Waals surface area contributed by atoms with Gasteiger partial charge in [-0.1, -0.05) is 0 Å². The van der Waals surface area contributed by atoms with E-state index in [0.717, 1.165) is 6.20 Å². The lowest BCUT2D eigenvalue weighted by Crippen LogP contribution is -2.19. The van der Waals surface area contributed by atoms with Gasteiger partial charge in [0.25, 0.3) is 0 Å². The van der Waals surface area contributed by atoms with Crippen LogP contribution in [0.1, 0.15) is 18.2 Å². The van der Waals surface area contributed by atoms with Crippen molar-refractivity contribution in [1.82, 2.24) is 4.98 Å². The zero-order chi connectivity index (χ0) is 15.3. The molecule has 0 unspecified atom stereocenters. The van der Waals surface area contributed by atoms with Crippen LogP contribution in [-0.4, -0.2) is 23.9 Å². The molecule has 9 heteroatoms. The van der Waals surface area contributed by atoms with Crippen molar-refractivity contribution in [3.05, 3.63) is 21.0 Å². The fraction of sp³-hybridized carbons (Fsp3) is 0.455. The van der Waals surface area contributed by atoms with Gasteiger partial charge in [-0.05, 0) is 29.5 Å². The first-order chi connectivity index (χ1) is 9.28. The maximum absolute atomic E-state index is 12.2. The van der Waals surface area contributed by atoms with Gasteiger partial charge >= 0.3 is 12.3 Å². The molecule has 1 rings (SSSR count). The van der Waals surface area contributed by atoms with Gasteiger partial charge in [0.1, 0.15) is 0 Å². The van der Waals surface area contributed by atoms with Crippen LogP contribution >= 0.6 is 34.2 Å². The van der Waals surface area contributed by atoms with Crippen LogP contribution in [0.4, 0.5) is 13.2 Å². The number of pyridine rings is 1. The van der Waals surface area contributed by atoms with Crippen molar-refractivity contribution in [2.75, 3.05) is 6.61 Å². The summed E-state index contributed by atoms with van der Waals surface area (Å²) in [6.45, 7) is 1.81. The van der Waals surface area contributed by atoms with E-state index in [2.05, 4.69) is 9.72 Å². The van der Waals surface area contributed by atoms with Crippen LogP contribution in [0.5, 0.6) is 5.75 Å². The molecule has 0 saturated carbocycles. The Labute approximate surface area is 131 Å². The third kappa shape index (κ3) is 4.97. The van der Waals surface area contributed by atoms with E-state index in [9.17, 15) is 18.0 Å². The summed E-state index contributed by atoms with van der Waals surface area (Å²) in [4.78, 5) is 15.3. The van der Waals surface area contributed by atoms with Crippen LogP contribution in [0, 0.1) is 3.57 Å². The van der Waals surface area contributed by atoms with Crippen LogP contribution in [0.25, 0.3) is 0 Å². The molecule has 0 fully saturated rings. The standard InChI is InChI=1S/C11H10ClF3INO3/c1-2-19-9(18)3-6-7(4-12)17-5-8(10(6)16)20-11(13,14)15/h5H,2-4H2,1H3. The molecule has 20 heavy (non-hydrogen) atoms. The molecule has 4 nitrogen and oxygen atoms in total. The van der Waals surface area contributed by atoms with E-state index < -0.39 is 18.1 Å². The van der Waals surface area contributed by atoms with E-state index in [-0.39, 0.29) is 28.0 Å². The SMILES string of the molecule is CCOC(=O)Cc1c(CCl)ncc(OC(F)(F)F)c1I. The number of aromatic nitrogens is 1. The normalized spacial score (nSPS) is 11.3. The molecular formula is C11H10ClF3INO3. The fourth-order valence-electron chi connectivity index (χ4n) is 1.39. The van der Waals surface area contributed by atoms with Crippen LogP contribution in [0.3, 0.4) is 0 Å². The van der Waals surface area contributed by atoms with E-state index in [1.165, 1.54) is 0 Å². The topological polar surface area (TPSA) is 48.4 Å². The second-order valence-electron chi connectivity index (χ2n) is 3.52. The van der Waals surface area contributed by atoms with E-state index in [1.54, 1.807) is 29.5 Å². The van der Waals surface area contributed by atoms with Crippen molar-refractivity contribution in [1.29, 1.82) is 0 Å². The number of halogens is 5. The Hall–Kier alpha value is -0.770. The molecule has 0 aliphatic heterocycles. The first-order valence-corrected chi connectivity index (χ1v) is 7.03. The third-order valence-electron chi connectivity index (χ3n) is 2.15. The van der Waals surface area contributed by atoms with Crippen molar-refractivity contribution in [3.63, 3.8) is 0 Å². The highest BCUT2D eigenvalue weighted by atomic mass is 127. The van der Waals surface area contributed by atoms with E-state index in [0.29, 0.717) is 5.69 Å². The van der Waals surface area contributed by atoms with Gasteiger partial charge in [0.05, 0.1) is 34.4 Å². The molecule has 0 spiro atoms. The summed E-state index contributed by atoms with van der Waals surface area (Å²) in [5.41, 5.74) is 0.597. The predicted molar refractivity (Wildman–Crippen MR) is 73.5 cm³/mol. The molecule has 0 aliphatic rings. The van der Waals surface area contributed by atoms with Crippen molar-refractivity contribution in [2.45, 2.75) is 25.6 Å². The number of carbonyl (C=O) groups is 1. The monoisotopic (exact) mass is 423 g/mol. The largest absolute Gasteiger partial charge is 0.573 e. The van der Waals surface area contributed by atoms with Gasteiger partial charge in [-0.3, -0.25) is 9.78 Å². The fourth-order valence-corrected chi connectivity index (χ4v) is 2.38. The summed E-state index contributed by atoms with van der Waals surface area (Å²) in [6.07, 6.45) is -4.11. The van der Waals surface area contributed by atoms with Gasteiger partial charge in [-0.2, -0.15) is 0 Å². The highest BCUT2D eigenvalue weighted by Gasteiger charge is 2.33. The Morgan fingerprint density at radius 3 is 2.65 bits per heavy atom. The Morgan fingerprint density at radius 1 is 1.50 bits per heavy atom. The van der Waals surface area contributed by atoms with Gasteiger partial charge in [0.2, 0.25) is 0 Å². The quantitative estimate of drug-likeness (QED) is 0.414. The van der Waals surface area contributed by atoms with Gasteiger partial charge in [0.15, 0.2) is 5.75 Å². The molecule has 0 aliphatic carbocycles. The number of esters is 1. The van der Waals surface area contributed by atoms with E-state index >= 15 is 0 Å². The molecule has 1 aromatic rings. The average molecular weight is 424 g/mol. The van der Waals surface area contributed by atoms with Crippen LogP contribution in [-0.2, 0) is 21.8 Å². The summed E-state index contributed by atoms with van der Waals surface area (Å²) in [5.74, 6) is -1.06. The Morgan fingerprint density at radius 2 is 2.15 bits per heavy atom. The zero-order valence-electron chi connectivity index (χ0n) is 10.3. The summed E-state index contributed by atoms with van der Waals surface area (Å²) in [7, 11) is 0. The van der Waals surface area contributed by atoms with Gasteiger partial charge in [0, 0.05) is 5.56 Å². The number of ether oxygens (including phenoxy) is 2. The summed E-state index contributed by atoms with van der Waals surface area (Å²) in [6, 6.07) is 0. The zero-order valence-corrected chi connectivity index (χ0v) is 13.2. The van der Waals surface area contributed by atoms with Gasteiger partial charge in [-0.15, -0.1) is 24.8 Å². The first-order valence-electron chi connectivity index (χ1n) is 5.42. The van der Waals surface area contributed by atoms with Gasteiger partial charge in [-0.25, -0.2) is 0 Å². The molecule has 0 amide bonds. The molecule has 0 N–H and O–H groups in total. The summed E-state index contributed by atoms with van der Waals surface area (Å²) >= 11 is 7.33. The maximum atomic E-state index is 12.2. The predicted octanol–water partition coefficient (Wildman–Crippen LogP) is 3.43. The van der Waals surface area contributed by atoms with Crippen LogP contribution < -0.4 is 4.74 Å². The third-order valence-corrected chi connectivity index (χ3v) is 3.58. The first kappa shape index (κ1) is 17.3. The van der Waals surface area contributed by atoms with Crippen molar-refractivity contribution in [2.24, 2.45) is 0 Å². The number of carbonyl (C=O) groups excluding carboxylic acids is 1. The van der Waals surface area contributed by atoms with Crippen molar-refractivity contribution < 1.29 is 27.4 Å². The van der Waals surface area contributed by atoms with E-state index in [1.807, 2.05) is 0 Å².